The lowest BCUT2D eigenvalue weighted by molar-refractivity contribution is -0.132. The van der Waals surface area contributed by atoms with Gasteiger partial charge in [-0.3, -0.25) is 4.79 Å². The summed E-state index contributed by atoms with van der Waals surface area (Å²) in [5.41, 5.74) is 4.09. The number of hydrogen-bond acceptors (Lipinski definition) is 3. The molecule has 1 aromatic heterocycles. The zero-order valence-corrected chi connectivity index (χ0v) is 15.3. The Bertz CT molecular complexity index is 801. The van der Waals surface area contributed by atoms with Crippen LogP contribution in [-0.2, 0) is 37.1 Å². The van der Waals surface area contributed by atoms with Crippen molar-refractivity contribution in [1.29, 1.82) is 0 Å². The average molecular weight is 359 g/mol. The van der Waals surface area contributed by atoms with E-state index in [-0.39, 0.29) is 17.8 Å². The summed E-state index contributed by atoms with van der Waals surface area (Å²) in [6.45, 7) is 3.23. The van der Waals surface area contributed by atoms with Gasteiger partial charge in [0.1, 0.15) is 17.5 Å². The highest BCUT2D eigenvalue weighted by atomic mass is 35.5. The highest BCUT2D eigenvalue weighted by Gasteiger charge is 2.29. The minimum absolute atomic E-state index is 0.00699. The van der Waals surface area contributed by atoms with Crippen LogP contribution in [0.5, 0.6) is 0 Å². The van der Waals surface area contributed by atoms with E-state index in [9.17, 15) is 4.79 Å². The molecule has 0 spiro atoms. The van der Waals surface area contributed by atoms with E-state index in [2.05, 4.69) is 28.3 Å². The van der Waals surface area contributed by atoms with Crippen LogP contribution in [-0.4, -0.2) is 37.5 Å². The molecular formula is C19H23ClN4O. The van der Waals surface area contributed by atoms with Crippen molar-refractivity contribution >= 4 is 17.5 Å². The summed E-state index contributed by atoms with van der Waals surface area (Å²) < 4.78 is 1.95. The smallest absolute Gasteiger partial charge is 0.238 e. The minimum Gasteiger partial charge on any atom is -0.332 e. The quantitative estimate of drug-likeness (QED) is 0.789. The number of hydrogen-bond donors (Lipinski definition) is 0. The number of carbonyl (C=O) groups excluding carboxylic acids is 1. The number of nitrogens with zero attached hydrogens (tertiary/aromatic N) is 4. The van der Waals surface area contributed by atoms with Crippen LogP contribution in [0.4, 0.5) is 0 Å². The van der Waals surface area contributed by atoms with Gasteiger partial charge in [-0.05, 0) is 49.3 Å². The SMILES string of the molecule is Cc1nc2n(n1)CC(N(Cc1ccc3c(c1)CCC3)C(=O)CCl)CC2. The normalized spacial score (nSPS) is 18.7. The number of alkyl halides is 1. The van der Waals surface area contributed by atoms with E-state index in [1.807, 2.05) is 16.5 Å². The molecule has 6 heteroatoms. The number of fused-ring (bicyclic) bond motifs is 2. The van der Waals surface area contributed by atoms with Crippen LogP contribution in [0, 0.1) is 6.92 Å². The molecule has 2 aliphatic rings. The van der Waals surface area contributed by atoms with Crippen molar-refractivity contribution in [2.24, 2.45) is 0 Å². The Labute approximate surface area is 153 Å². The lowest BCUT2D eigenvalue weighted by atomic mass is 10.0. The number of rotatable bonds is 4. The maximum atomic E-state index is 12.5. The van der Waals surface area contributed by atoms with Gasteiger partial charge in [-0.1, -0.05) is 18.2 Å². The molecule has 132 valence electrons. The van der Waals surface area contributed by atoms with Crippen molar-refractivity contribution < 1.29 is 4.79 Å². The molecule has 0 bridgehead atoms. The topological polar surface area (TPSA) is 51.0 Å². The fourth-order valence-electron chi connectivity index (χ4n) is 4.09. The van der Waals surface area contributed by atoms with Crippen molar-refractivity contribution in [3.05, 3.63) is 46.5 Å². The Kier molecular flexibility index (Phi) is 4.50. The first-order valence-electron chi connectivity index (χ1n) is 9.00. The molecule has 1 aliphatic heterocycles. The Morgan fingerprint density at radius 2 is 2.16 bits per heavy atom. The second-order valence-corrected chi connectivity index (χ2v) is 7.33. The van der Waals surface area contributed by atoms with Gasteiger partial charge >= 0.3 is 0 Å². The van der Waals surface area contributed by atoms with Crippen LogP contribution in [0.1, 0.15) is 41.2 Å². The predicted molar refractivity (Wildman–Crippen MR) is 96.6 cm³/mol. The molecule has 0 fully saturated rings. The molecule has 0 N–H and O–H groups in total. The van der Waals surface area contributed by atoms with Crippen molar-refractivity contribution in [1.82, 2.24) is 19.7 Å². The van der Waals surface area contributed by atoms with Gasteiger partial charge in [0.15, 0.2) is 0 Å². The molecule has 1 aliphatic carbocycles. The van der Waals surface area contributed by atoms with E-state index in [1.54, 1.807) is 0 Å². The Balaban J connectivity index is 1.55. The van der Waals surface area contributed by atoms with E-state index in [4.69, 9.17) is 11.6 Å². The van der Waals surface area contributed by atoms with E-state index in [0.29, 0.717) is 13.1 Å². The summed E-state index contributed by atoms with van der Waals surface area (Å²) >= 11 is 5.90. The van der Waals surface area contributed by atoms with E-state index < -0.39 is 0 Å². The molecule has 1 atom stereocenters. The molecule has 2 heterocycles. The summed E-state index contributed by atoms with van der Waals surface area (Å²) in [5, 5.41) is 4.46. The van der Waals surface area contributed by atoms with Gasteiger partial charge in [-0.2, -0.15) is 5.10 Å². The summed E-state index contributed by atoms with van der Waals surface area (Å²) in [6.07, 6.45) is 5.32. The zero-order valence-electron chi connectivity index (χ0n) is 14.5. The summed E-state index contributed by atoms with van der Waals surface area (Å²) in [6, 6.07) is 6.77. The second kappa shape index (κ2) is 6.79. The van der Waals surface area contributed by atoms with Gasteiger partial charge in [0.05, 0.1) is 12.6 Å². The van der Waals surface area contributed by atoms with Crippen LogP contribution in [0.3, 0.4) is 0 Å². The third-order valence-corrected chi connectivity index (χ3v) is 5.56. The van der Waals surface area contributed by atoms with E-state index in [1.165, 1.54) is 29.5 Å². The molecule has 5 nitrogen and oxygen atoms in total. The van der Waals surface area contributed by atoms with Crippen molar-refractivity contribution in [2.75, 3.05) is 5.88 Å². The van der Waals surface area contributed by atoms with E-state index >= 15 is 0 Å². The molecule has 0 radical (unpaired) electrons. The molecule has 2 aromatic rings. The summed E-state index contributed by atoms with van der Waals surface area (Å²) in [4.78, 5) is 18.9. The third kappa shape index (κ3) is 3.30. The molecular weight excluding hydrogens is 336 g/mol. The number of carbonyl (C=O) groups is 1. The Morgan fingerprint density at radius 1 is 1.32 bits per heavy atom. The number of amides is 1. The minimum atomic E-state index is -0.00699. The second-order valence-electron chi connectivity index (χ2n) is 7.06. The zero-order chi connectivity index (χ0) is 17.4. The fraction of sp³-hybridized carbons (Fsp3) is 0.526. The van der Waals surface area contributed by atoms with Crippen molar-refractivity contribution in [3.63, 3.8) is 0 Å². The highest BCUT2D eigenvalue weighted by Crippen LogP contribution is 2.25. The first-order chi connectivity index (χ1) is 12.1. The number of halogens is 1. The average Bonchev–Trinajstić information content (AvgIpc) is 3.22. The Hall–Kier alpha value is -1.88. The highest BCUT2D eigenvalue weighted by molar-refractivity contribution is 6.27. The van der Waals surface area contributed by atoms with Gasteiger partial charge in [-0.25, -0.2) is 9.67 Å². The number of aromatic nitrogens is 3. The lowest BCUT2D eigenvalue weighted by Crippen LogP contribution is -2.45. The van der Waals surface area contributed by atoms with Gasteiger partial charge < -0.3 is 4.90 Å². The van der Waals surface area contributed by atoms with Gasteiger partial charge in [0.25, 0.3) is 0 Å². The van der Waals surface area contributed by atoms with Crippen LogP contribution in [0.25, 0.3) is 0 Å². The van der Waals surface area contributed by atoms with Gasteiger partial charge in [0, 0.05) is 13.0 Å². The monoisotopic (exact) mass is 358 g/mol. The van der Waals surface area contributed by atoms with Crippen LogP contribution in [0.2, 0.25) is 0 Å². The molecule has 25 heavy (non-hydrogen) atoms. The first kappa shape index (κ1) is 16.6. The summed E-state index contributed by atoms with van der Waals surface area (Å²) in [5.74, 6) is 1.83. The maximum absolute atomic E-state index is 12.5. The lowest BCUT2D eigenvalue weighted by Gasteiger charge is -2.34. The van der Waals surface area contributed by atoms with Crippen molar-refractivity contribution in [2.45, 2.75) is 58.2 Å². The number of aryl methyl sites for hydroxylation is 4. The molecule has 4 rings (SSSR count). The Morgan fingerprint density at radius 3 is 3.00 bits per heavy atom. The summed E-state index contributed by atoms with van der Waals surface area (Å²) in [7, 11) is 0. The van der Waals surface area contributed by atoms with E-state index in [0.717, 1.165) is 30.9 Å². The first-order valence-corrected chi connectivity index (χ1v) is 9.54. The molecule has 1 aromatic carbocycles. The standard InChI is InChI=1S/C19H23ClN4O/c1-13-21-18-8-7-17(12-24(18)22-13)23(19(25)10-20)11-14-5-6-15-3-2-4-16(15)9-14/h5-6,9,17H,2-4,7-8,10-12H2,1H3. The fourth-order valence-corrected chi connectivity index (χ4v) is 4.24. The van der Waals surface area contributed by atoms with Crippen molar-refractivity contribution in [3.8, 4) is 0 Å². The van der Waals surface area contributed by atoms with Crippen LogP contribution < -0.4 is 0 Å². The third-order valence-electron chi connectivity index (χ3n) is 5.33. The van der Waals surface area contributed by atoms with Crippen LogP contribution >= 0.6 is 11.6 Å². The number of benzene rings is 1. The van der Waals surface area contributed by atoms with Gasteiger partial charge in [-0.15, -0.1) is 11.6 Å². The molecule has 1 unspecified atom stereocenters. The molecule has 1 amide bonds. The van der Waals surface area contributed by atoms with Crippen LogP contribution in [0.15, 0.2) is 18.2 Å². The van der Waals surface area contributed by atoms with Gasteiger partial charge in [0.2, 0.25) is 5.91 Å². The molecule has 0 saturated carbocycles. The predicted octanol–water partition coefficient (Wildman–Crippen LogP) is 2.66. The molecule has 0 saturated heterocycles. The largest absolute Gasteiger partial charge is 0.332 e. The maximum Gasteiger partial charge on any atom is 0.238 e.